The molecule has 0 heterocycles. The lowest BCUT2D eigenvalue weighted by molar-refractivity contribution is 0.0596. The molecule has 2 N–H and O–H groups in total. The maximum atomic E-state index is 12.1. The van der Waals surface area contributed by atoms with Crippen LogP contribution in [0.3, 0.4) is 0 Å². The number of unbranched alkanes of at least 4 members (excludes halogenated alkanes) is 3. The van der Waals surface area contributed by atoms with E-state index in [2.05, 4.69) is 6.92 Å². The average Bonchev–Trinajstić information content (AvgIpc) is 2.54. The molecule has 23 heavy (non-hydrogen) atoms. The number of carbonyl (C=O) groups is 2. The molecule has 0 fully saturated rings. The summed E-state index contributed by atoms with van der Waals surface area (Å²) in [7, 11) is 1.23. The molecule has 0 aromatic heterocycles. The number of benzene rings is 1. The number of phenolic OH excluding ortho intramolecular Hbond substituents is 2. The third-order valence-electron chi connectivity index (χ3n) is 3.98. The third-order valence-corrected chi connectivity index (χ3v) is 3.98. The molecule has 5 nitrogen and oxygen atoms in total. The van der Waals surface area contributed by atoms with Crippen molar-refractivity contribution in [2.75, 3.05) is 7.11 Å². The van der Waals surface area contributed by atoms with Crippen LogP contribution in [0, 0.1) is 0 Å². The average molecular weight is 322 g/mol. The summed E-state index contributed by atoms with van der Waals surface area (Å²) in [5, 5.41) is 20.8. The first-order valence-electron chi connectivity index (χ1n) is 8.16. The normalized spacial score (nSPS) is 10.6. The molecular weight excluding hydrogens is 296 g/mol. The highest BCUT2D eigenvalue weighted by atomic mass is 16.5. The second-order valence-electron chi connectivity index (χ2n) is 5.61. The Morgan fingerprint density at radius 3 is 2.22 bits per heavy atom. The van der Waals surface area contributed by atoms with E-state index in [4.69, 9.17) is 4.74 Å². The Morgan fingerprint density at radius 1 is 1.00 bits per heavy atom. The highest BCUT2D eigenvalue weighted by Crippen LogP contribution is 2.39. The van der Waals surface area contributed by atoms with Crippen molar-refractivity contribution >= 4 is 12.3 Å². The van der Waals surface area contributed by atoms with Gasteiger partial charge in [-0.3, -0.25) is 4.79 Å². The number of rotatable bonds is 9. The minimum absolute atomic E-state index is 0.000239. The van der Waals surface area contributed by atoms with Crippen LogP contribution in [-0.2, 0) is 17.6 Å². The van der Waals surface area contributed by atoms with Crippen molar-refractivity contribution < 1.29 is 24.5 Å². The molecule has 0 unspecified atom stereocenters. The predicted octanol–water partition coefficient (Wildman–Crippen LogP) is 3.77. The summed E-state index contributed by atoms with van der Waals surface area (Å²) >= 11 is 0. The van der Waals surface area contributed by atoms with Gasteiger partial charge in [0.1, 0.15) is 17.1 Å². The number of esters is 1. The summed E-state index contributed by atoms with van der Waals surface area (Å²) in [6.07, 6.45) is 5.86. The van der Waals surface area contributed by atoms with Crippen LogP contribution in [0.5, 0.6) is 11.5 Å². The van der Waals surface area contributed by atoms with Gasteiger partial charge in [-0.1, -0.05) is 39.5 Å². The smallest absolute Gasteiger partial charge is 0.341 e. The maximum absolute atomic E-state index is 12.1. The summed E-state index contributed by atoms with van der Waals surface area (Å²) in [5.74, 6) is -1.17. The Bertz CT molecular complexity index is 563. The van der Waals surface area contributed by atoms with E-state index in [1.165, 1.54) is 7.11 Å². The minimum atomic E-state index is -0.691. The van der Waals surface area contributed by atoms with Crippen molar-refractivity contribution in [3.05, 3.63) is 22.3 Å². The van der Waals surface area contributed by atoms with E-state index in [9.17, 15) is 19.8 Å². The van der Waals surface area contributed by atoms with Gasteiger partial charge < -0.3 is 14.9 Å². The molecule has 0 amide bonds. The zero-order valence-corrected chi connectivity index (χ0v) is 14.1. The fraction of sp³-hybridized carbons (Fsp3) is 0.556. The molecule has 0 saturated heterocycles. The van der Waals surface area contributed by atoms with Gasteiger partial charge >= 0.3 is 5.97 Å². The van der Waals surface area contributed by atoms with E-state index in [0.717, 1.165) is 25.7 Å². The molecule has 0 atom stereocenters. The number of hydrogen-bond donors (Lipinski definition) is 2. The van der Waals surface area contributed by atoms with Crippen molar-refractivity contribution in [2.24, 2.45) is 0 Å². The van der Waals surface area contributed by atoms with Crippen LogP contribution >= 0.6 is 0 Å². The predicted molar refractivity (Wildman–Crippen MR) is 88.3 cm³/mol. The first-order chi connectivity index (χ1) is 11.0. The molecular formula is C18H26O5. The first kappa shape index (κ1) is 19.0. The summed E-state index contributed by atoms with van der Waals surface area (Å²) in [6, 6.07) is 0. The molecule has 1 rings (SSSR count). The van der Waals surface area contributed by atoms with Crippen LogP contribution in [0.1, 0.15) is 77.8 Å². The number of aldehydes is 1. The van der Waals surface area contributed by atoms with Gasteiger partial charge in [-0.05, 0) is 24.8 Å². The highest BCUT2D eigenvalue weighted by molar-refractivity contribution is 5.99. The summed E-state index contributed by atoms with van der Waals surface area (Å²) in [5.41, 5.74) is 0.681. The van der Waals surface area contributed by atoms with Crippen molar-refractivity contribution in [1.29, 1.82) is 0 Å². The number of hydrogen-bond acceptors (Lipinski definition) is 5. The fourth-order valence-corrected chi connectivity index (χ4v) is 2.77. The molecule has 0 spiro atoms. The van der Waals surface area contributed by atoms with Gasteiger partial charge in [0.05, 0.1) is 12.7 Å². The van der Waals surface area contributed by atoms with Crippen LogP contribution in [0.4, 0.5) is 0 Å². The summed E-state index contributed by atoms with van der Waals surface area (Å²) < 4.78 is 4.75. The summed E-state index contributed by atoms with van der Waals surface area (Å²) in [6.45, 7) is 3.98. The number of phenols is 2. The monoisotopic (exact) mass is 322 g/mol. The van der Waals surface area contributed by atoms with E-state index >= 15 is 0 Å². The Hall–Kier alpha value is -2.04. The molecule has 5 heteroatoms. The lowest BCUT2D eigenvalue weighted by Crippen LogP contribution is -2.11. The standard InChI is InChI=1S/C18H26O5/c1-4-6-7-8-10-13-16(20)14(11-19)12(9-5-2)15(17(13)21)18(22)23-3/h11,20-21H,4-10H2,1-3H3. The topological polar surface area (TPSA) is 83.8 Å². The Morgan fingerprint density at radius 2 is 1.70 bits per heavy atom. The molecule has 1 aromatic rings. The van der Waals surface area contributed by atoms with Gasteiger partial charge in [0.15, 0.2) is 6.29 Å². The van der Waals surface area contributed by atoms with Crippen LogP contribution in [0.2, 0.25) is 0 Å². The molecule has 0 radical (unpaired) electrons. The zero-order chi connectivity index (χ0) is 17.4. The van der Waals surface area contributed by atoms with Crippen molar-refractivity contribution in [1.82, 2.24) is 0 Å². The van der Waals surface area contributed by atoms with Crippen LogP contribution in [-0.4, -0.2) is 29.6 Å². The maximum Gasteiger partial charge on any atom is 0.341 e. The van der Waals surface area contributed by atoms with Crippen molar-refractivity contribution in [2.45, 2.75) is 58.8 Å². The molecule has 0 aliphatic carbocycles. The van der Waals surface area contributed by atoms with E-state index in [1.54, 1.807) is 0 Å². The van der Waals surface area contributed by atoms with Gasteiger partial charge in [0.25, 0.3) is 0 Å². The number of aromatic hydroxyl groups is 2. The SMILES string of the molecule is CCCCCCc1c(O)c(C=O)c(CCC)c(C(=O)OC)c1O. The lowest BCUT2D eigenvalue weighted by Gasteiger charge is -2.18. The van der Waals surface area contributed by atoms with Crippen LogP contribution in [0.15, 0.2) is 0 Å². The van der Waals surface area contributed by atoms with Gasteiger partial charge in [0.2, 0.25) is 0 Å². The molecule has 0 saturated carbocycles. The van der Waals surface area contributed by atoms with E-state index in [0.29, 0.717) is 31.1 Å². The molecule has 0 bridgehead atoms. The number of ether oxygens (including phenoxy) is 1. The summed E-state index contributed by atoms with van der Waals surface area (Å²) in [4.78, 5) is 23.5. The Balaban J connectivity index is 3.41. The molecule has 1 aromatic carbocycles. The highest BCUT2D eigenvalue weighted by Gasteiger charge is 2.27. The van der Waals surface area contributed by atoms with E-state index in [-0.39, 0.29) is 28.2 Å². The fourth-order valence-electron chi connectivity index (χ4n) is 2.77. The third kappa shape index (κ3) is 4.24. The van der Waals surface area contributed by atoms with E-state index < -0.39 is 5.97 Å². The second-order valence-corrected chi connectivity index (χ2v) is 5.61. The van der Waals surface area contributed by atoms with Crippen LogP contribution in [0.25, 0.3) is 0 Å². The quantitative estimate of drug-likeness (QED) is 0.411. The number of methoxy groups -OCH3 is 1. The molecule has 0 aliphatic heterocycles. The van der Waals surface area contributed by atoms with Gasteiger partial charge in [-0.25, -0.2) is 4.79 Å². The van der Waals surface area contributed by atoms with Gasteiger partial charge in [-0.15, -0.1) is 0 Å². The van der Waals surface area contributed by atoms with Crippen LogP contribution < -0.4 is 0 Å². The lowest BCUT2D eigenvalue weighted by atomic mass is 9.90. The molecule has 128 valence electrons. The number of carbonyl (C=O) groups excluding carboxylic acids is 2. The van der Waals surface area contributed by atoms with Crippen molar-refractivity contribution in [3.63, 3.8) is 0 Å². The second kappa shape index (κ2) is 9.18. The van der Waals surface area contributed by atoms with Gasteiger partial charge in [0, 0.05) is 5.56 Å². The Labute approximate surface area is 137 Å². The van der Waals surface area contributed by atoms with Crippen molar-refractivity contribution in [3.8, 4) is 11.5 Å². The van der Waals surface area contributed by atoms with E-state index in [1.807, 2.05) is 6.92 Å². The molecule has 0 aliphatic rings. The minimum Gasteiger partial charge on any atom is -0.507 e. The zero-order valence-electron chi connectivity index (χ0n) is 14.1. The Kier molecular flexibility index (Phi) is 7.59. The first-order valence-corrected chi connectivity index (χ1v) is 8.16. The van der Waals surface area contributed by atoms with Gasteiger partial charge in [-0.2, -0.15) is 0 Å². The largest absolute Gasteiger partial charge is 0.507 e.